The molecule has 6 N–H and O–H groups in total. The molecule has 0 bridgehead atoms. The predicted octanol–water partition coefficient (Wildman–Crippen LogP) is -0.0659. The highest BCUT2D eigenvalue weighted by atomic mass is 32.1. The minimum atomic E-state index is -0.366. The van der Waals surface area contributed by atoms with Gasteiger partial charge >= 0.3 is 0 Å². The molecule has 3 heterocycles. The third-order valence-corrected chi connectivity index (χ3v) is 2.82. The standard InChI is InChI=1S/C8H7N7OS/c9-7-14-5-3(6(16)15-7)12-4(13-5)2-1-17-8(10)11-2/h1H,(H2,10,11)(H4,9,12,13,14,15,16). The lowest BCUT2D eigenvalue weighted by atomic mass is 10.5. The average Bonchev–Trinajstić information content (AvgIpc) is 2.83. The lowest BCUT2D eigenvalue weighted by molar-refractivity contribution is 1.17. The monoisotopic (exact) mass is 249 g/mol. The first kappa shape index (κ1) is 9.78. The molecule has 0 aromatic carbocycles. The highest BCUT2D eigenvalue weighted by molar-refractivity contribution is 7.13. The van der Waals surface area contributed by atoms with Crippen LogP contribution in [0.15, 0.2) is 10.2 Å². The highest BCUT2D eigenvalue weighted by Gasteiger charge is 2.12. The number of aromatic nitrogens is 5. The topological polar surface area (TPSA) is 139 Å². The van der Waals surface area contributed by atoms with Crippen molar-refractivity contribution >= 4 is 33.6 Å². The van der Waals surface area contributed by atoms with E-state index in [-0.39, 0.29) is 22.7 Å². The molecule has 0 fully saturated rings. The second-order valence-electron chi connectivity index (χ2n) is 3.31. The van der Waals surface area contributed by atoms with E-state index in [1.807, 2.05) is 0 Å². The summed E-state index contributed by atoms with van der Waals surface area (Å²) in [6.07, 6.45) is 0. The van der Waals surface area contributed by atoms with Gasteiger partial charge in [-0.15, -0.1) is 11.3 Å². The molecule has 0 atom stereocenters. The number of nitrogen functional groups attached to an aromatic ring is 2. The summed E-state index contributed by atoms with van der Waals surface area (Å²) in [4.78, 5) is 28.9. The number of H-pyrrole nitrogens is 2. The Labute approximate surface area is 97.7 Å². The van der Waals surface area contributed by atoms with Gasteiger partial charge in [-0.2, -0.15) is 4.98 Å². The SMILES string of the molecule is Nc1nc2nc(-c3csc(N)n3)[nH]c2c(=O)[nH]1. The van der Waals surface area contributed by atoms with Crippen LogP contribution >= 0.6 is 11.3 Å². The van der Waals surface area contributed by atoms with Gasteiger partial charge in [0.15, 0.2) is 22.1 Å². The van der Waals surface area contributed by atoms with Crippen molar-refractivity contribution in [2.24, 2.45) is 0 Å². The van der Waals surface area contributed by atoms with E-state index in [2.05, 4.69) is 24.9 Å². The van der Waals surface area contributed by atoms with Gasteiger partial charge < -0.3 is 16.5 Å². The normalized spacial score (nSPS) is 11.1. The number of aromatic amines is 2. The molecule has 0 amide bonds. The molecule has 0 saturated heterocycles. The number of anilines is 2. The maximum atomic E-state index is 11.6. The Morgan fingerprint density at radius 2 is 2.00 bits per heavy atom. The Kier molecular flexibility index (Phi) is 1.89. The van der Waals surface area contributed by atoms with Gasteiger partial charge in [-0.05, 0) is 0 Å². The largest absolute Gasteiger partial charge is 0.375 e. The molecule has 3 rings (SSSR count). The smallest absolute Gasteiger partial charge is 0.278 e. The molecule has 9 heteroatoms. The Bertz CT molecular complexity index is 755. The molecule has 0 aliphatic carbocycles. The fraction of sp³-hybridized carbons (Fsp3) is 0. The Hall–Kier alpha value is -2.42. The van der Waals surface area contributed by atoms with E-state index in [1.54, 1.807) is 5.38 Å². The number of fused-ring (bicyclic) bond motifs is 1. The van der Waals surface area contributed by atoms with Crippen LogP contribution in [0.4, 0.5) is 11.1 Å². The predicted molar refractivity (Wildman–Crippen MR) is 64.4 cm³/mol. The maximum absolute atomic E-state index is 11.6. The van der Waals surface area contributed by atoms with Gasteiger partial charge in [0.05, 0.1) is 0 Å². The molecule has 17 heavy (non-hydrogen) atoms. The fourth-order valence-electron chi connectivity index (χ4n) is 1.44. The van der Waals surface area contributed by atoms with Gasteiger partial charge in [0.1, 0.15) is 5.69 Å². The maximum Gasteiger partial charge on any atom is 0.278 e. The second-order valence-corrected chi connectivity index (χ2v) is 4.20. The summed E-state index contributed by atoms with van der Waals surface area (Å²) in [7, 11) is 0. The first-order valence-corrected chi connectivity index (χ1v) is 5.48. The zero-order valence-corrected chi connectivity index (χ0v) is 9.21. The number of rotatable bonds is 1. The molecule has 0 radical (unpaired) electrons. The first-order chi connectivity index (χ1) is 8.13. The molecule has 0 aliphatic rings. The van der Waals surface area contributed by atoms with Crippen LogP contribution in [-0.4, -0.2) is 24.9 Å². The zero-order chi connectivity index (χ0) is 12.0. The van der Waals surface area contributed by atoms with E-state index >= 15 is 0 Å². The van der Waals surface area contributed by atoms with Gasteiger partial charge in [0, 0.05) is 5.38 Å². The third kappa shape index (κ3) is 1.52. The summed E-state index contributed by atoms with van der Waals surface area (Å²) in [5, 5.41) is 2.17. The molecular formula is C8H7N7OS. The number of hydrogen-bond donors (Lipinski definition) is 4. The summed E-state index contributed by atoms with van der Waals surface area (Å²) in [5.74, 6) is 0.467. The van der Waals surface area contributed by atoms with Gasteiger partial charge in [-0.25, -0.2) is 9.97 Å². The van der Waals surface area contributed by atoms with Crippen molar-refractivity contribution in [2.75, 3.05) is 11.5 Å². The molecule has 8 nitrogen and oxygen atoms in total. The average molecular weight is 249 g/mol. The molecular weight excluding hydrogens is 242 g/mol. The molecule has 0 saturated carbocycles. The van der Waals surface area contributed by atoms with E-state index < -0.39 is 0 Å². The van der Waals surface area contributed by atoms with Crippen molar-refractivity contribution in [1.29, 1.82) is 0 Å². The Morgan fingerprint density at radius 3 is 2.71 bits per heavy atom. The summed E-state index contributed by atoms with van der Waals surface area (Å²) >= 11 is 1.29. The molecule has 3 aromatic heterocycles. The van der Waals surface area contributed by atoms with Crippen molar-refractivity contribution in [3.05, 3.63) is 15.7 Å². The van der Waals surface area contributed by atoms with E-state index in [1.165, 1.54) is 11.3 Å². The Morgan fingerprint density at radius 1 is 1.18 bits per heavy atom. The summed E-state index contributed by atoms with van der Waals surface area (Å²) in [6.45, 7) is 0. The first-order valence-electron chi connectivity index (χ1n) is 4.60. The molecule has 0 aliphatic heterocycles. The molecule has 86 valence electrons. The summed E-state index contributed by atoms with van der Waals surface area (Å²) in [6, 6.07) is 0. The van der Waals surface area contributed by atoms with Crippen LogP contribution < -0.4 is 17.0 Å². The summed E-state index contributed by atoms with van der Waals surface area (Å²) in [5.41, 5.74) is 11.7. The zero-order valence-electron chi connectivity index (χ0n) is 8.39. The van der Waals surface area contributed by atoms with Gasteiger partial charge in [-0.3, -0.25) is 9.78 Å². The lowest BCUT2D eigenvalue weighted by Gasteiger charge is -1.89. The van der Waals surface area contributed by atoms with Gasteiger partial charge in [0.25, 0.3) is 5.56 Å². The van der Waals surface area contributed by atoms with E-state index in [0.717, 1.165) is 0 Å². The minimum absolute atomic E-state index is 0.0262. The van der Waals surface area contributed by atoms with Crippen LogP contribution in [0.5, 0.6) is 0 Å². The van der Waals surface area contributed by atoms with Crippen LogP contribution in [0.1, 0.15) is 0 Å². The van der Waals surface area contributed by atoms with E-state index in [0.29, 0.717) is 16.6 Å². The molecule has 3 aromatic rings. The van der Waals surface area contributed by atoms with Gasteiger partial charge in [-0.1, -0.05) is 0 Å². The number of hydrogen-bond acceptors (Lipinski definition) is 7. The van der Waals surface area contributed by atoms with E-state index in [9.17, 15) is 4.79 Å². The van der Waals surface area contributed by atoms with Crippen LogP contribution in [0, 0.1) is 0 Å². The number of nitrogens with one attached hydrogen (secondary N) is 2. The fourth-order valence-corrected chi connectivity index (χ4v) is 1.99. The van der Waals surface area contributed by atoms with Crippen molar-refractivity contribution in [3.8, 4) is 11.5 Å². The molecule has 0 unspecified atom stereocenters. The second kappa shape index (κ2) is 3.28. The summed E-state index contributed by atoms with van der Waals surface area (Å²) < 4.78 is 0. The van der Waals surface area contributed by atoms with Crippen molar-refractivity contribution in [3.63, 3.8) is 0 Å². The number of nitrogens with zero attached hydrogens (tertiary/aromatic N) is 3. The van der Waals surface area contributed by atoms with Crippen LogP contribution in [0.3, 0.4) is 0 Å². The Balaban J connectivity index is 2.27. The minimum Gasteiger partial charge on any atom is -0.375 e. The van der Waals surface area contributed by atoms with Crippen molar-refractivity contribution in [2.45, 2.75) is 0 Å². The van der Waals surface area contributed by atoms with Crippen LogP contribution in [0.2, 0.25) is 0 Å². The van der Waals surface area contributed by atoms with Gasteiger partial charge in [0.2, 0.25) is 5.95 Å². The van der Waals surface area contributed by atoms with Crippen LogP contribution in [0.25, 0.3) is 22.7 Å². The van der Waals surface area contributed by atoms with Crippen LogP contribution in [-0.2, 0) is 0 Å². The quantitative estimate of drug-likeness (QED) is 0.476. The number of thiazole rings is 1. The van der Waals surface area contributed by atoms with Crippen molar-refractivity contribution < 1.29 is 0 Å². The third-order valence-electron chi connectivity index (χ3n) is 2.14. The lowest BCUT2D eigenvalue weighted by Crippen LogP contribution is -2.10. The van der Waals surface area contributed by atoms with Crippen molar-refractivity contribution in [1.82, 2.24) is 24.9 Å². The highest BCUT2D eigenvalue weighted by Crippen LogP contribution is 2.21. The molecule has 0 spiro atoms. The number of imidazole rings is 1. The number of nitrogens with two attached hydrogens (primary N) is 2. The van der Waals surface area contributed by atoms with E-state index in [4.69, 9.17) is 11.5 Å².